The van der Waals surface area contributed by atoms with E-state index in [9.17, 15) is 5.11 Å². The largest absolute Gasteiger partial charge is 0.496 e. The molecule has 3 heteroatoms. The molecule has 1 heterocycles. The van der Waals surface area contributed by atoms with Crippen LogP contribution in [0.5, 0.6) is 5.75 Å². The molecule has 0 aromatic heterocycles. The number of aliphatic hydroxyl groups excluding tert-OH is 1. The minimum Gasteiger partial charge on any atom is -0.496 e. The van der Waals surface area contributed by atoms with Crippen LogP contribution in [-0.2, 0) is 4.74 Å². The van der Waals surface area contributed by atoms with Crippen LogP contribution in [0, 0.1) is 6.92 Å². The van der Waals surface area contributed by atoms with E-state index in [1.165, 1.54) is 0 Å². The average Bonchev–Trinajstić information content (AvgIpc) is 2.28. The van der Waals surface area contributed by atoms with Gasteiger partial charge in [-0.3, -0.25) is 0 Å². The molecule has 0 saturated carbocycles. The normalized spacial score (nSPS) is 25.4. The van der Waals surface area contributed by atoms with E-state index in [0.29, 0.717) is 13.0 Å². The van der Waals surface area contributed by atoms with Gasteiger partial charge in [0.1, 0.15) is 5.75 Å². The maximum Gasteiger partial charge on any atom is 0.127 e. The van der Waals surface area contributed by atoms with Crippen LogP contribution >= 0.6 is 0 Å². The van der Waals surface area contributed by atoms with Crippen LogP contribution in [0.1, 0.15) is 30.1 Å². The van der Waals surface area contributed by atoms with Gasteiger partial charge in [-0.2, -0.15) is 0 Å². The Bertz CT molecular complexity index is 362. The van der Waals surface area contributed by atoms with Crippen molar-refractivity contribution in [3.8, 4) is 5.75 Å². The molecule has 16 heavy (non-hydrogen) atoms. The second-order valence-corrected chi connectivity index (χ2v) is 4.24. The highest BCUT2D eigenvalue weighted by molar-refractivity contribution is 5.42. The predicted octanol–water partition coefficient (Wildman–Crippen LogP) is 2.22. The van der Waals surface area contributed by atoms with E-state index in [2.05, 4.69) is 0 Å². The maximum atomic E-state index is 9.65. The fourth-order valence-corrected chi connectivity index (χ4v) is 2.20. The molecule has 1 N–H and O–H groups in total. The van der Waals surface area contributed by atoms with Crippen molar-refractivity contribution in [2.75, 3.05) is 13.7 Å². The van der Waals surface area contributed by atoms with Gasteiger partial charge in [0.05, 0.1) is 19.3 Å². The highest BCUT2D eigenvalue weighted by Crippen LogP contribution is 2.35. The molecule has 1 aliphatic rings. The number of methoxy groups -OCH3 is 1. The SMILES string of the molecule is COc1c(C)cccc1C1CC(O)CCO1. The fraction of sp³-hybridized carbons (Fsp3) is 0.538. The topological polar surface area (TPSA) is 38.7 Å². The van der Waals surface area contributed by atoms with Crippen LogP contribution in [0.15, 0.2) is 18.2 Å². The highest BCUT2D eigenvalue weighted by atomic mass is 16.5. The molecule has 1 aromatic rings. The molecular weight excluding hydrogens is 204 g/mol. The summed E-state index contributed by atoms with van der Waals surface area (Å²) >= 11 is 0. The molecule has 1 aromatic carbocycles. The number of rotatable bonds is 2. The van der Waals surface area contributed by atoms with Crippen LogP contribution in [0.25, 0.3) is 0 Å². The summed E-state index contributed by atoms with van der Waals surface area (Å²) in [4.78, 5) is 0. The summed E-state index contributed by atoms with van der Waals surface area (Å²) in [6.07, 6.45) is 1.08. The quantitative estimate of drug-likeness (QED) is 0.833. The zero-order valence-electron chi connectivity index (χ0n) is 9.77. The highest BCUT2D eigenvalue weighted by Gasteiger charge is 2.25. The number of hydrogen-bond donors (Lipinski definition) is 1. The lowest BCUT2D eigenvalue weighted by Crippen LogP contribution is -2.23. The van der Waals surface area contributed by atoms with Gasteiger partial charge in [0.25, 0.3) is 0 Å². The predicted molar refractivity (Wildman–Crippen MR) is 61.7 cm³/mol. The lowest BCUT2D eigenvalue weighted by atomic mass is 9.97. The minimum atomic E-state index is -0.260. The van der Waals surface area contributed by atoms with Crippen LogP contribution in [-0.4, -0.2) is 24.9 Å². The molecule has 1 fully saturated rings. The molecule has 0 bridgehead atoms. The van der Waals surface area contributed by atoms with E-state index in [-0.39, 0.29) is 12.2 Å². The Kier molecular flexibility index (Phi) is 3.46. The first kappa shape index (κ1) is 11.4. The molecule has 1 saturated heterocycles. The molecule has 2 atom stereocenters. The lowest BCUT2D eigenvalue weighted by molar-refractivity contribution is -0.0456. The molecule has 2 unspecified atom stereocenters. The molecule has 0 aliphatic carbocycles. The Morgan fingerprint density at radius 3 is 2.94 bits per heavy atom. The number of hydrogen-bond acceptors (Lipinski definition) is 3. The van der Waals surface area contributed by atoms with Crippen molar-refractivity contribution < 1.29 is 14.6 Å². The van der Waals surface area contributed by atoms with E-state index in [1.807, 2.05) is 25.1 Å². The second-order valence-electron chi connectivity index (χ2n) is 4.24. The van der Waals surface area contributed by atoms with Gasteiger partial charge in [0, 0.05) is 18.6 Å². The van der Waals surface area contributed by atoms with E-state index in [4.69, 9.17) is 9.47 Å². The van der Waals surface area contributed by atoms with Gasteiger partial charge in [-0.15, -0.1) is 0 Å². The molecule has 0 spiro atoms. The van der Waals surface area contributed by atoms with Gasteiger partial charge in [0.15, 0.2) is 0 Å². The third-order valence-corrected chi connectivity index (χ3v) is 3.05. The molecular formula is C13H18O3. The van der Waals surface area contributed by atoms with Gasteiger partial charge < -0.3 is 14.6 Å². The maximum absolute atomic E-state index is 9.65. The van der Waals surface area contributed by atoms with E-state index in [1.54, 1.807) is 7.11 Å². The Morgan fingerprint density at radius 2 is 2.25 bits per heavy atom. The van der Waals surface area contributed by atoms with Crippen molar-refractivity contribution in [3.63, 3.8) is 0 Å². The summed E-state index contributed by atoms with van der Waals surface area (Å²) in [6, 6.07) is 6.02. The van der Waals surface area contributed by atoms with Crippen molar-refractivity contribution in [2.45, 2.75) is 32.0 Å². The van der Waals surface area contributed by atoms with E-state index >= 15 is 0 Å². The first-order valence-corrected chi connectivity index (χ1v) is 5.65. The summed E-state index contributed by atoms with van der Waals surface area (Å²) in [6.45, 7) is 2.63. The van der Waals surface area contributed by atoms with Crippen molar-refractivity contribution in [1.82, 2.24) is 0 Å². The number of benzene rings is 1. The first-order valence-electron chi connectivity index (χ1n) is 5.65. The van der Waals surface area contributed by atoms with E-state index in [0.717, 1.165) is 23.3 Å². The first-order chi connectivity index (χ1) is 7.72. The minimum absolute atomic E-state index is 0.0430. The van der Waals surface area contributed by atoms with Gasteiger partial charge in [-0.25, -0.2) is 0 Å². The molecule has 0 amide bonds. The molecule has 1 aliphatic heterocycles. The Hall–Kier alpha value is -1.06. The number of aliphatic hydroxyl groups is 1. The fourth-order valence-electron chi connectivity index (χ4n) is 2.20. The van der Waals surface area contributed by atoms with Crippen molar-refractivity contribution in [2.24, 2.45) is 0 Å². The number of aryl methyl sites for hydroxylation is 1. The summed E-state index contributed by atoms with van der Waals surface area (Å²) in [5.74, 6) is 0.876. The monoisotopic (exact) mass is 222 g/mol. The van der Waals surface area contributed by atoms with Gasteiger partial charge in [-0.1, -0.05) is 18.2 Å². The van der Waals surface area contributed by atoms with Crippen molar-refractivity contribution in [1.29, 1.82) is 0 Å². The third-order valence-electron chi connectivity index (χ3n) is 3.05. The molecule has 3 nitrogen and oxygen atoms in total. The summed E-state index contributed by atoms with van der Waals surface area (Å²) in [5.41, 5.74) is 2.14. The lowest BCUT2D eigenvalue weighted by Gasteiger charge is -2.28. The van der Waals surface area contributed by atoms with Crippen LogP contribution in [0.3, 0.4) is 0 Å². The third kappa shape index (κ3) is 2.20. The van der Waals surface area contributed by atoms with Crippen LogP contribution in [0.4, 0.5) is 0 Å². The second kappa shape index (κ2) is 4.85. The average molecular weight is 222 g/mol. The van der Waals surface area contributed by atoms with Crippen LogP contribution < -0.4 is 4.74 Å². The number of ether oxygens (including phenoxy) is 2. The summed E-state index contributed by atoms with van der Waals surface area (Å²) in [7, 11) is 1.67. The Morgan fingerprint density at radius 1 is 1.44 bits per heavy atom. The van der Waals surface area contributed by atoms with Crippen molar-refractivity contribution in [3.05, 3.63) is 29.3 Å². The number of para-hydroxylation sites is 1. The molecule has 88 valence electrons. The molecule has 2 rings (SSSR count). The van der Waals surface area contributed by atoms with Gasteiger partial charge in [0.2, 0.25) is 0 Å². The zero-order valence-corrected chi connectivity index (χ0v) is 9.77. The smallest absolute Gasteiger partial charge is 0.127 e. The standard InChI is InChI=1S/C13H18O3/c1-9-4-3-5-11(13(9)15-2)12-8-10(14)6-7-16-12/h3-5,10,12,14H,6-8H2,1-2H3. The van der Waals surface area contributed by atoms with E-state index < -0.39 is 0 Å². The zero-order chi connectivity index (χ0) is 11.5. The van der Waals surface area contributed by atoms with Crippen molar-refractivity contribution >= 4 is 0 Å². The molecule has 0 radical (unpaired) electrons. The van der Waals surface area contributed by atoms with Gasteiger partial charge >= 0.3 is 0 Å². The summed E-state index contributed by atoms with van der Waals surface area (Å²) < 4.78 is 11.1. The van der Waals surface area contributed by atoms with Gasteiger partial charge in [-0.05, 0) is 18.9 Å². The Labute approximate surface area is 96.0 Å². The van der Waals surface area contributed by atoms with Crippen LogP contribution in [0.2, 0.25) is 0 Å². The summed E-state index contributed by atoms with van der Waals surface area (Å²) in [5, 5.41) is 9.65. The Balaban J connectivity index is 2.28.